The van der Waals surface area contributed by atoms with Crippen LogP contribution in [0.15, 0.2) is 47.1 Å². The van der Waals surface area contributed by atoms with Crippen LogP contribution < -0.4 is 10.1 Å². The van der Waals surface area contributed by atoms with Crippen molar-refractivity contribution in [2.24, 2.45) is 0 Å². The summed E-state index contributed by atoms with van der Waals surface area (Å²) < 4.78 is 11.0. The van der Waals surface area contributed by atoms with Crippen molar-refractivity contribution in [3.8, 4) is 17.7 Å². The molecule has 0 spiro atoms. The second-order valence-corrected chi connectivity index (χ2v) is 6.14. The molecule has 2 heterocycles. The lowest BCUT2D eigenvalue weighted by Gasteiger charge is -2.12. The van der Waals surface area contributed by atoms with E-state index in [1.165, 1.54) is 6.20 Å². The summed E-state index contributed by atoms with van der Waals surface area (Å²) in [6, 6.07) is 12.7. The smallest absolute Gasteiger partial charge is 0.248 e. The Morgan fingerprint density at radius 1 is 1.19 bits per heavy atom. The minimum atomic E-state index is -0.140. The highest BCUT2D eigenvalue weighted by atomic mass is 16.5. The molecular formula is C19H19N5O2. The molecule has 2 aromatic heterocycles. The van der Waals surface area contributed by atoms with Crippen LogP contribution in [0.1, 0.15) is 50.0 Å². The number of aromatic nitrogens is 3. The topological polar surface area (TPSA) is 96.9 Å². The fourth-order valence-corrected chi connectivity index (χ4v) is 2.25. The third kappa shape index (κ3) is 4.16. The zero-order chi connectivity index (χ0) is 18.5. The van der Waals surface area contributed by atoms with Crippen LogP contribution in [0.25, 0.3) is 0 Å². The van der Waals surface area contributed by atoms with Gasteiger partial charge >= 0.3 is 0 Å². The maximum atomic E-state index is 8.81. The van der Waals surface area contributed by atoms with Gasteiger partial charge in [-0.2, -0.15) is 10.2 Å². The van der Waals surface area contributed by atoms with Gasteiger partial charge in [0, 0.05) is 29.9 Å². The quantitative estimate of drug-likeness (QED) is 0.703. The van der Waals surface area contributed by atoms with E-state index >= 15 is 0 Å². The van der Waals surface area contributed by atoms with E-state index < -0.39 is 0 Å². The van der Waals surface area contributed by atoms with Gasteiger partial charge in [-0.15, -0.1) is 0 Å². The van der Waals surface area contributed by atoms with Gasteiger partial charge in [0.05, 0.1) is 5.56 Å². The van der Waals surface area contributed by atoms with E-state index in [9.17, 15) is 0 Å². The maximum absolute atomic E-state index is 8.81. The van der Waals surface area contributed by atoms with E-state index in [0.717, 1.165) is 5.69 Å². The van der Waals surface area contributed by atoms with Crippen molar-refractivity contribution in [2.45, 2.75) is 32.7 Å². The largest absolute Gasteiger partial charge is 0.439 e. The van der Waals surface area contributed by atoms with Gasteiger partial charge in [0.1, 0.15) is 17.9 Å². The van der Waals surface area contributed by atoms with E-state index in [0.29, 0.717) is 28.9 Å². The average Bonchev–Trinajstić information content (AvgIpc) is 3.13. The number of anilines is 1. The minimum Gasteiger partial charge on any atom is -0.439 e. The van der Waals surface area contributed by atoms with Crippen LogP contribution in [-0.4, -0.2) is 15.1 Å². The van der Waals surface area contributed by atoms with E-state index in [-0.39, 0.29) is 12.0 Å². The molecule has 0 radical (unpaired) electrons. The molecule has 7 nitrogen and oxygen atoms in total. The van der Waals surface area contributed by atoms with Crippen molar-refractivity contribution in [1.82, 2.24) is 15.1 Å². The van der Waals surface area contributed by atoms with Crippen LogP contribution in [0, 0.1) is 11.3 Å². The standard InChI is InChI=1S/C19H19N5O2/c1-12(2)18-23-19(26-24-18)13(3)22-15-5-4-6-16(9-15)25-17-8-7-14(10-20)11-21-17/h4-9,11-13,22H,1-3H3/t13-/m1/s1. The van der Waals surface area contributed by atoms with Crippen LogP contribution in [0.5, 0.6) is 11.6 Å². The Kier molecular flexibility index (Phi) is 5.13. The molecule has 0 saturated heterocycles. The zero-order valence-corrected chi connectivity index (χ0v) is 14.8. The van der Waals surface area contributed by atoms with E-state index in [1.807, 2.05) is 51.1 Å². The molecule has 1 aromatic carbocycles. The Balaban J connectivity index is 1.69. The Bertz CT molecular complexity index is 912. The van der Waals surface area contributed by atoms with Gasteiger partial charge in [0.25, 0.3) is 0 Å². The van der Waals surface area contributed by atoms with Crippen molar-refractivity contribution < 1.29 is 9.26 Å². The summed E-state index contributed by atoms with van der Waals surface area (Å²) in [4.78, 5) is 8.51. The first-order chi connectivity index (χ1) is 12.5. The predicted octanol–water partition coefficient (Wildman–Crippen LogP) is 4.43. The van der Waals surface area contributed by atoms with Crippen LogP contribution in [0.3, 0.4) is 0 Å². The summed E-state index contributed by atoms with van der Waals surface area (Å²) in [6.45, 7) is 5.99. The van der Waals surface area contributed by atoms with Crippen molar-refractivity contribution in [1.29, 1.82) is 5.26 Å². The minimum absolute atomic E-state index is 0.140. The molecule has 0 unspecified atom stereocenters. The van der Waals surface area contributed by atoms with Crippen molar-refractivity contribution in [2.75, 3.05) is 5.32 Å². The number of nitriles is 1. The molecule has 0 aliphatic rings. The first kappa shape index (κ1) is 17.4. The number of hydrogen-bond acceptors (Lipinski definition) is 7. The van der Waals surface area contributed by atoms with Crippen molar-refractivity contribution >= 4 is 5.69 Å². The van der Waals surface area contributed by atoms with Crippen LogP contribution in [-0.2, 0) is 0 Å². The lowest BCUT2D eigenvalue weighted by Crippen LogP contribution is -2.07. The molecular weight excluding hydrogens is 330 g/mol. The average molecular weight is 349 g/mol. The highest BCUT2D eigenvalue weighted by Crippen LogP contribution is 2.25. The van der Waals surface area contributed by atoms with Gasteiger partial charge in [-0.25, -0.2) is 4.98 Å². The molecule has 0 fully saturated rings. The van der Waals surface area contributed by atoms with Crippen molar-refractivity contribution in [3.63, 3.8) is 0 Å². The lowest BCUT2D eigenvalue weighted by atomic mass is 10.2. The maximum Gasteiger partial charge on any atom is 0.248 e. The van der Waals surface area contributed by atoms with Gasteiger partial charge in [0.15, 0.2) is 5.82 Å². The highest BCUT2D eigenvalue weighted by molar-refractivity contribution is 5.49. The SMILES string of the molecule is CC(C)c1noc([C@@H](C)Nc2cccc(Oc3ccc(C#N)cn3)c2)n1. The number of pyridine rings is 1. The lowest BCUT2D eigenvalue weighted by molar-refractivity contribution is 0.361. The Morgan fingerprint density at radius 3 is 2.69 bits per heavy atom. The highest BCUT2D eigenvalue weighted by Gasteiger charge is 2.16. The summed E-state index contributed by atoms with van der Waals surface area (Å²) in [5.74, 6) is 2.50. The number of ether oxygens (including phenoxy) is 1. The van der Waals surface area contributed by atoms with Gasteiger partial charge in [0.2, 0.25) is 11.8 Å². The van der Waals surface area contributed by atoms with Crippen LogP contribution in [0.4, 0.5) is 5.69 Å². The molecule has 1 N–H and O–H groups in total. The first-order valence-electron chi connectivity index (χ1n) is 8.29. The Labute approximate surface area is 151 Å². The second kappa shape index (κ2) is 7.66. The second-order valence-electron chi connectivity index (χ2n) is 6.14. The van der Waals surface area contributed by atoms with E-state index in [4.69, 9.17) is 14.5 Å². The molecule has 3 aromatic rings. The molecule has 0 aliphatic heterocycles. The molecule has 7 heteroatoms. The van der Waals surface area contributed by atoms with Gasteiger partial charge in [-0.3, -0.25) is 0 Å². The molecule has 1 atom stereocenters. The fourth-order valence-electron chi connectivity index (χ4n) is 2.25. The van der Waals surface area contributed by atoms with Crippen molar-refractivity contribution in [3.05, 3.63) is 59.9 Å². The zero-order valence-electron chi connectivity index (χ0n) is 14.8. The third-order valence-electron chi connectivity index (χ3n) is 3.65. The number of benzene rings is 1. The van der Waals surface area contributed by atoms with E-state index in [1.54, 1.807) is 12.1 Å². The molecule has 26 heavy (non-hydrogen) atoms. The van der Waals surface area contributed by atoms with Crippen LogP contribution >= 0.6 is 0 Å². The Hall–Kier alpha value is -3.40. The molecule has 0 saturated carbocycles. The molecule has 3 rings (SSSR count). The molecule has 0 aliphatic carbocycles. The molecule has 0 bridgehead atoms. The fraction of sp³-hybridized carbons (Fsp3) is 0.263. The van der Waals surface area contributed by atoms with Crippen LogP contribution in [0.2, 0.25) is 0 Å². The molecule has 132 valence electrons. The third-order valence-corrected chi connectivity index (χ3v) is 3.65. The summed E-state index contributed by atoms with van der Waals surface area (Å²) in [6.07, 6.45) is 1.47. The van der Waals surface area contributed by atoms with Gasteiger partial charge < -0.3 is 14.6 Å². The number of hydrogen-bond donors (Lipinski definition) is 1. The van der Waals surface area contributed by atoms with Gasteiger partial charge in [-0.1, -0.05) is 25.1 Å². The number of nitrogens with one attached hydrogen (secondary N) is 1. The molecule has 0 amide bonds. The first-order valence-corrected chi connectivity index (χ1v) is 8.29. The number of nitrogens with zero attached hydrogens (tertiary/aromatic N) is 4. The Morgan fingerprint density at radius 2 is 2.04 bits per heavy atom. The monoisotopic (exact) mass is 349 g/mol. The normalized spacial score (nSPS) is 11.8. The number of rotatable bonds is 6. The summed E-state index contributed by atoms with van der Waals surface area (Å²) in [5.41, 5.74) is 1.34. The van der Waals surface area contributed by atoms with E-state index in [2.05, 4.69) is 20.4 Å². The predicted molar refractivity (Wildman–Crippen MR) is 95.9 cm³/mol. The summed E-state index contributed by atoms with van der Waals surface area (Å²) in [7, 11) is 0. The summed E-state index contributed by atoms with van der Waals surface area (Å²) in [5, 5.41) is 16.1. The summed E-state index contributed by atoms with van der Waals surface area (Å²) >= 11 is 0. The van der Waals surface area contributed by atoms with Gasteiger partial charge in [-0.05, 0) is 25.1 Å².